The molecule has 0 aromatic heterocycles. The normalized spacial score (nSPS) is 16.1. The fourth-order valence-corrected chi connectivity index (χ4v) is 3.95. The molecule has 2 aromatic rings. The van der Waals surface area contributed by atoms with E-state index in [4.69, 9.17) is 24.5 Å². The smallest absolute Gasteiger partial charge is 0.282 e. The van der Waals surface area contributed by atoms with E-state index in [0.29, 0.717) is 53.0 Å². The summed E-state index contributed by atoms with van der Waals surface area (Å²) >= 11 is 3.54. The molecule has 34 heavy (non-hydrogen) atoms. The predicted octanol–water partition coefficient (Wildman–Crippen LogP) is 5.06. The molecule has 0 bridgehead atoms. The van der Waals surface area contributed by atoms with E-state index in [1.165, 1.54) is 10.6 Å². The second kappa shape index (κ2) is 10.1. The number of rotatable bonds is 8. The third-order valence-electron chi connectivity index (χ3n) is 4.94. The Morgan fingerprint density at radius 3 is 2.59 bits per heavy atom. The highest BCUT2D eigenvalue weighted by Gasteiger charge is 2.34. The van der Waals surface area contributed by atoms with Crippen LogP contribution < -0.4 is 14.2 Å². The van der Waals surface area contributed by atoms with Gasteiger partial charge in [0.2, 0.25) is 0 Å². The van der Waals surface area contributed by atoms with Gasteiger partial charge in [-0.25, -0.2) is 0 Å². The number of hydrogen-bond acceptors (Lipinski definition) is 6. The van der Waals surface area contributed by atoms with Gasteiger partial charge in [0, 0.05) is 6.08 Å². The van der Waals surface area contributed by atoms with Crippen LogP contribution in [0.1, 0.15) is 25.0 Å². The lowest BCUT2D eigenvalue weighted by atomic mass is 10.1. The van der Waals surface area contributed by atoms with E-state index in [1.807, 2.05) is 38.1 Å². The van der Waals surface area contributed by atoms with Crippen molar-refractivity contribution in [3.63, 3.8) is 0 Å². The quantitative estimate of drug-likeness (QED) is 0.382. The summed E-state index contributed by atoms with van der Waals surface area (Å²) < 4.78 is 18.1. The maximum absolute atomic E-state index is 12.5. The molecule has 2 aliphatic rings. The van der Waals surface area contributed by atoms with Crippen LogP contribution in [0.4, 0.5) is 0 Å². The van der Waals surface area contributed by atoms with Gasteiger partial charge in [0.1, 0.15) is 24.7 Å². The van der Waals surface area contributed by atoms with Crippen molar-refractivity contribution >= 4 is 39.6 Å². The maximum atomic E-state index is 12.5. The van der Waals surface area contributed by atoms with Gasteiger partial charge in [-0.3, -0.25) is 10.2 Å². The van der Waals surface area contributed by atoms with Gasteiger partial charge in [-0.05, 0) is 72.6 Å². The molecule has 0 radical (unpaired) electrons. The Morgan fingerprint density at radius 2 is 1.85 bits per heavy atom. The molecular weight excluding hydrogens is 502 g/mol. The van der Waals surface area contributed by atoms with E-state index in [0.717, 1.165) is 5.75 Å². The second-order valence-corrected chi connectivity index (χ2v) is 8.45. The summed E-state index contributed by atoms with van der Waals surface area (Å²) in [5, 5.41) is 9.61. The Hall–Kier alpha value is -3.59. The molecule has 0 aliphatic carbocycles. The number of fused-ring (bicyclic) bond motifs is 1. The number of nitrogens with zero attached hydrogens (tertiary/aromatic N) is 2. The van der Waals surface area contributed by atoms with Crippen LogP contribution >= 0.6 is 15.9 Å². The van der Waals surface area contributed by atoms with Crippen molar-refractivity contribution < 1.29 is 23.8 Å². The fraction of sp³-hybridized carbons (Fsp3) is 0.240. The number of aliphatic imine (C=N–C) groups is 1. The van der Waals surface area contributed by atoms with Crippen LogP contribution in [0.5, 0.6) is 17.2 Å². The van der Waals surface area contributed by atoms with E-state index < -0.39 is 5.91 Å². The predicted molar refractivity (Wildman–Crippen MR) is 132 cm³/mol. The first-order valence-electron chi connectivity index (χ1n) is 10.7. The molecule has 0 spiro atoms. The van der Waals surface area contributed by atoms with E-state index in [2.05, 4.69) is 20.9 Å². The number of carbonyl (C=O) groups is 1. The number of hydrogen-bond donors (Lipinski definition) is 1. The molecule has 0 saturated heterocycles. The van der Waals surface area contributed by atoms with Gasteiger partial charge in [0.25, 0.3) is 5.91 Å². The molecule has 1 amide bonds. The molecule has 176 valence electrons. The van der Waals surface area contributed by atoms with E-state index in [1.54, 1.807) is 31.2 Å². The zero-order valence-corrected chi connectivity index (χ0v) is 20.6. The molecule has 1 N–H and O–H groups in total. The fourth-order valence-electron chi connectivity index (χ4n) is 3.38. The molecule has 2 aromatic carbocycles. The van der Waals surface area contributed by atoms with E-state index >= 15 is 0 Å². The maximum Gasteiger partial charge on any atom is 0.282 e. The van der Waals surface area contributed by atoms with Crippen molar-refractivity contribution in [2.24, 2.45) is 4.99 Å². The Bertz CT molecular complexity index is 1220. The number of allylic oxidation sites excluding steroid dienone is 1. The number of nitrogens with one attached hydrogen (secondary N) is 1. The topological polar surface area (TPSA) is 93.4 Å². The zero-order valence-electron chi connectivity index (χ0n) is 19.1. The summed E-state index contributed by atoms with van der Waals surface area (Å²) in [5.41, 5.74) is 1.93. The monoisotopic (exact) mass is 525 g/mol. The highest BCUT2D eigenvalue weighted by Crippen LogP contribution is 2.38. The Labute approximate surface area is 206 Å². The number of amidine groups is 2. The minimum absolute atomic E-state index is 0.0780. The van der Waals surface area contributed by atoms with Gasteiger partial charge in [0.05, 0.1) is 16.7 Å². The molecule has 0 atom stereocenters. The van der Waals surface area contributed by atoms with Gasteiger partial charge >= 0.3 is 0 Å². The van der Waals surface area contributed by atoms with Crippen molar-refractivity contribution in [1.29, 1.82) is 5.41 Å². The first-order valence-corrected chi connectivity index (χ1v) is 11.5. The standard InChI is InChI=1S/C25H24BrN3O5/c1-4-31-21-14-17(12-19-24(27)29-22(28-25(19)30)11-16(3)34-29)13-20(26)23(21)33-10-9-32-18-7-5-15(2)6-8-18/h5-8,11-14,27H,4,9-10H2,1-3H3/b19-12+,27-24?. The SMILES string of the molecule is CCOc1cc(/C=C2\C(=N)N3OC(C)=CC3=NC2=O)cc(Br)c1OCCOc1ccc(C)cc1. The first kappa shape index (κ1) is 23.6. The number of carbonyl (C=O) groups excluding carboxylic acids is 1. The van der Waals surface area contributed by atoms with Gasteiger partial charge in [0.15, 0.2) is 23.2 Å². The van der Waals surface area contributed by atoms with Crippen LogP contribution in [0.25, 0.3) is 6.08 Å². The molecule has 2 heterocycles. The van der Waals surface area contributed by atoms with Crippen molar-refractivity contribution in [2.45, 2.75) is 20.8 Å². The molecule has 0 fully saturated rings. The summed E-state index contributed by atoms with van der Waals surface area (Å²) in [7, 11) is 0. The minimum atomic E-state index is -0.506. The van der Waals surface area contributed by atoms with Crippen molar-refractivity contribution in [2.75, 3.05) is 19.8 Å². The van der Waals surface area contributed by atoms with Gasteiger partial charge in [-0.2, -0.15) is 4.99 Å². The zero-order chi connectivity index (χ0) is 24.2. The number of benzene rings is 2. The number of aryl methyl sites for hydroxylation is 1. The molecule has 0 unspecified atom stereocenters. The third kappa shape index (κ3) is 5.14. The minimum Gasteiger partial charge on any atom is -0.490 e. The van der Waals surface area contributed by atoms with Gasteiger partial charge < -0.3 is 19.0 Å². The van der Waals surface area contributed by atoms with Crippen LogP contribution in [-0.4, -0.2) is 42.5 Å². The van der Waals surface area contributed by atoms with Crippen LogP contribution in [0, 0.1) is 12.3 Å². The number of ether oxygens (including phenoxy) is 3. The number of amides is 1. The lowest BCUT2D eigenvalue weighted by molar-refractivity contribution is -0.114. The number of hydroxylamine groups is 2. The van der Waals surface area contributed by atoms with Crippen molar-refractivity contribution in [3.05, 3.63) is 69.4 Å². The van der Waals surface area contributed by atoms with Crippen molar-refractivity contribution in [3.8, 4) is 17.2 Å². The van der Waals surface area contributed by atoms with Crippen LogP contribution in [0.2, 0.25) is 0 Å². The molecule has 9 heteroatoms. The molecule has 8 nitrogen and oxygen atoms in total. The van der Waals surface area contributed by atoms with Crippen LogP contribution in [0.15, 0.2) is 63.3 Å². The van der Waals surface area contributed by atoms with Gasteiger partial charge in [-0.15, -0.1) is 5.06 Å². The van der Waals surface area contributed by atoms with Crippen LogP contribution in [-0.2, 0) is 9.63 Å². The van der Waals surface area contributed by atoms with E-state index in [9.17, 15) is 4.79 Å². The highest BCUT2D eigenvalue weighted by atomic mass is 79.9. The summed E-state index contributed by atoms with van der Waals surface area (Å²) in [6.07, 6.45) is 3.20. The Balaban J connectivity index is 1.50. The van der Waals surface area contributed by atoms with Crippen molar-refractivity contribution in [1.82, 2.24) is 5.06 Å². The van der Waals surface area contributed by atoms with Gasteiger partial charge in [-0.1, -0.05) is 17.7 Å². The summed E-state index contributed by atoms with van der Waals surface area (Å²) in [6.45, 7) is 6.74. The van der Waals surface area contributed by atoms with Crippen LogP contribution in [0.3, 0.4) is 0 Å². The van der Waals surface area contributed by atoms with E-state index in [-0.39, 0.29) is 11.4 Å². The lowest BCUT2D eigenvalue weighted by Crippen LogP contribution is -2.38. The molecule has 4 rings (SSSR count). The average molecular weight is 526 g/mol. The third-order valence-corrected chi connectivity index (χ3v) is 5.53. The largest absolute Gasteiger partial charge is 0.490 e. The first-order chi connectivity index (χ1) is 16.4. The Kier molecular flexibility index (Phi) is 7.02. The average Bonchev–Trinajstić information content (AvgIpc) is 3.17. The molecular formula is C25H24BrN3O5. The molecule has 0 saturated carbocycles. The summed E-state index contributed by atoms with van der Waals surface area (Å²) in [4.78, 5) is 22.0. The lowest BCUT2D eigenvalue weighted by Gasteiger charge is -2.23. The number of halogens is 1. The Morgan fingerprint density at radius 1 is 1.12 bits per heavy atom. The highest BCUT2D eigenvalue weighted by molar-refractivity contribution is 9.10. The second-order valence-electron chi connectivity index (χ2n) is 7.60. The molecule has 2 aliphatic heterocycles. The summed E-state index contributed by atoms with van der Waals surface area (Å²) in [6, 6.07) is 11.4. The summed E-state index contributed by atoms with van der Waals surface area (Å²) in [5.74, 6) is 2.10.